The first-order valence-corrected chi connectivity index (χ1v) is 9.50. The predicted octanol–water partition coefficient (Wildman–Crippen LogP) is 4.95. The molecule has 0 spiro atoms. The molecular weight excluding hydrogens is 381 g/mol. The summed E-state index contributed by atoms with van der Waals surface area (Å²) in [7, 11) is 0. The van der Waals surface area contributed by atoms with Gasteiger partial charge in [0.2, 0.25) is 5.91 Å². The molecule has 1 atom stereocenters. The maximum atomic E-state index is 13.0. The molecule has 0 radical (unpaired) electrons. The molecule has 1 aliphatic rings. The van der Waals surface area contributed by atoms with Crippen LogP contribution in [-0.4, -0.2) is 29.2 Å². The van der Waals surface area contributed by atoms with E-state index in [0.717, 1.165) is 29.0 Å². The van der Waals surface area contributed by atoms with Crippen molar-refractivity contribution in [2.24, 2.45) is 5.16 Å². The van der Waals surface area contributed by atoms with Gasteiger partial charge in [0.15, 0.2) is 6.10 Å². The number of nitrogens with zero attached hydrogens (tertiary/aromatic N) is 2. The van der Waals surface area contributed by atoms with Crippen LogP contribution in [0.5, 0.6) is 0 Å². The molecule has 4 nitrogen and oxygen atoms in total. The van der Waals surface area contributed by atoms with Crippen molar-refractivity contribution in [3.8, 4) is 0 Å². The highest BCUT2D eigenvalue weighted by molar-refractivity contribution is 6.02. The molecule has 7 heteroatoms. The number of carbonyl (C=O) groups is 1. The summed E-state index contributed by atoms with van der Waals surface area (Å²) in [6.07, 6.45) is -3.94. The quantitative estimate of drug-likeness (QED) is 0.684. The molecule has 0 aliphatic carbocycles. The maximum Gasteiger partial charge on any atom is 0.416 e. The zero-order valence-corrected chi connectivity index (χ0v) is 16.4. The Morgan fingerprint density at radius 1 is 1.21 bits per heavy atom. The second-order valence-corrected chi connectivity index (χ2v) is 7.11. The van der Waals surface area contributed by atoms with E-state index in [0.29, 0.717) is 12.0 Å². The number of halogens is 3. The molecular formula is C22H23F3N2O2. The van der Waals surface area contributed by atoms with E-state index in [4.69, 9.17) is 4.84 Å². The smallest absolute Gasteiger partial charge is 0.390 e. The summed E-state index contributed by atoms with van der Waals surface area (Å²) in [6.45, 7) is 4.08. The molecule has 0 bridgehead atoms. The minimum absolute atomic E-state index is 0.0934. The van der Waals surface area contributed by atoms with E-state index in [-0.39, 0.29) is 31.5 Å². The predicted molar refractivity (Wildman–Crippen MR) is 104 cm³/mol. The van der Waals surface area contributed by atoms with Crippen LogP contribution in [0.4, 0.5) is 13.2 Å². The van der Waals surface area contributed by atoms with Crippen molar-refractivity contribution < 1.29 is 22.8 Å². The lowest BCUT2D eigenvalue weighted by Gasteiger charge is -2.25. The molecule has 1 unspecified atom stereocenters. The molecule has 0 N–H and O–H groups in total. The highest BCUT2D eigenvalue weighted by atomic mass is 19.4. The van der Waals surface area contributed by atoms with Crippen LogP contribution in [-0.2, 0) is 22.4 Å². The summed E-state index contributed by atoms with van der Waals surface area (Å²) in [5.74, 6) is -0.143. The molecule has 154 valence electrons. The fourth-order valence-corrected chi connectivity index (χ4v) is 3.37. The van der Waals surface area contributed by atoms with E-state index in [1.54, 1.807) is 13.0 Å². The van der Waals surface area contributed by atoms with Gasteiger partial charge in [-0.15, -0.1) is 0 Å². The van der Waals surface area contributed by atoms with Crippen LogP contribution in [0.25, 0.3) is 0 Å². The zero-order chi connectivity index (χ0) is 21.0. The van der Waals surface area contributed by atoms with Gasteiger partial charge in [-0.05, 0) is 30.2 Å². The van der Waals surface area contributed by atoms with Crippen molar-refractivity contribution in [3.63, 3.8) is 0 Å². The molecule has 1 amide bonds. The zero-order valence-electron chi connectivity index (χ0n) is 16.4. The highest BCUT2D eigenvalue weighted by Gasteiger charge is 2.31. The van der Waals surface area contributed by atoms with Crippen molar-refractivity contribution >= 4 is 11.6 Å². The molecule has 0 saturated carbocycles. The third kappa shape index (κ3) is 5.16. The first-order chi connectivity index (χ1) is 13.8. The van der Waals surface area contributed by atoms with Crippen LogP contribution in [0.2, 0.25) is 0 Å². The number of oxime groups is 1. The number of benzene rings is 2. The van der Waals surface area contributed by atoms with Gasteiger partial charge in [0, 0.05) is 24.9 Å². The van der Waals surface area contributed by atoms with Crippen LogP contribution >= 0.6 is 0 Å². The highest BCUT2D eigenvalue weighted by Crippen LogP contribution is 2.30. The molecule has 2 aromatic carbocycles. The first kappa shape index (κ1) is 20.9. The fourth-order valence-electron chi connectivity index (χ4n) is 3.37. The van der Waals surface area contributed by atoms with Gasteiger partial charge in [0.05, 0.1) is 17.8 Å². The van der Waals surface area contributed by atoms with Gasteiger partial charge >= 0.3 is 6.18 Å². The molecule has 1 heterocycles. The second kappa shape index (κ2) is 8.68. The average molecular weight is 404 g/mol. The molecule has 0 fully saturated rings. The Kier molecular flexibility index (Phi) is 6.25. The van der Waals surface area contributed by atoms with E-state index in [9.17, 15) is 18.0 Å². The lowest BCUT2D eigenvalue weighted by molar-refractivity contribution is -0.137. The molecule has 1 aliphatic heterocycles. The molecule has 2 aromatic rings. The summed E-state index contributed by atoms with van der Waals surface area (Å²) >= 11 is 0. The lowest BCUT2D eigenvalue weighted by Crippen LogP contribution is -2.37. The van der Waals surface area contributed by atoms with Crippen molar-refractivity contribution in [2.75, 3.05) is 6.54 Å². The number of hydrogen-bond donors (Lipinski definition) is 0. The SMILES string of the molecule is CCC(=O)N(Cc1cccc(C(F)(F)F)c1)CC1CC(c2ccccc2C)=NO1. The van der Waals surface area contributed by atoms with Gasteiger partial charge in [-0.2, -0.15) is 13.2 Å². The number of hydrogen-bond acceptors (Lipinski definition) is 3. The van der Waals surface area contributed by atoms with Gasteiger partial charge < -0.3 is 9.74 Å². The standard InChI is InChI=1S/C22H23F3N2O2/c1-3-21(28)27(13-16-8-6-9-17(11-16)22(23,24)25)14-18-12-20(26-29-18)19-10-5-4-7-15(19)2/h4-11,18H,3,12-14H2,1-2H3. The molecule has 3 rings (SSSR count). The number of amides is 1. The van der Waals surface area contributed by atoms with Crippen LogP contribution in [0.1, 0.15) is 42.0 Å². The Labute approximate surface area is 168 Å². The minimum atomic E-state index is -4.42. The van der Waals surface area contributed by atoms with E-state index >= 15 is 0 Å². The Balaban J connectivity index is 1.70. The molecule has 0 saturated heterocycles. The largest absolute Gasteiger partial charge is 0.416 e. The topological polar surface area (TPSA) is 41.9 Å². The summed E-state index contributed by atoms with van der Waals surface area (Å²) in [4.78, 5) is 19.5. The second-order valence-electron chi connectivity index (χ2n) is 7.11. The Hall–Kier alpha value is -2.83. The number of aryl methyl sites for hydroxylation is 1. The number of carbonyl (C=O) groups excluding carboxylic acids is 1. The average Bonchev–Trinajstić information content (AvgIpc) is 3.15. The lowest BCUT2D eigenvalue weighted by atomic mass is 10.00. The van der Waals surface area contributed by atoms with Gasteiger partial charge in [-0.25, -0.2) is 0 Å². The Morgan fingerprint density at radius 3 is 2.66 bits per heavy atom. The normalized spacial score (nSPS) is 16.3. The van der Waals surface area contributed by atoms with E-state index in [2.05, 4.69) is 5.16 Å². The molecule has 29 heavy (non-hydrogen) atoms. The first-order valence-electron chi connectivity index (χ1n) is 9.50. The van der Waals surface area contributed by atoms with Crippen LogP contribution in [0.3, 0.4) is 0 Å². The van der Waals surface area contributed by atoms with Crippen LogP contribution in [0, 0.1) is 6.92 Å². The van der Waals surface area contributed by atoms with E-state index < -0.39 is 11.7 Å². The third-order valence-corrected chi connectivity index (χ3v) is 4.90. The number of rotatable bonds is 6. The summed E-state index contributed by atoms with van der Waals surface area (Å²) < 4.78 is 38.9. The van der Waals surface area contributed by atoms with Crippen molar-refractivity contribution in [2.45, 2.75) is 45.5 Å². The Bertz CT molecular complexity index is 909. The summed E-state index contributed by atoms with van der Waals surface area (Å²) in [6, 6.07) is 12.9. The Morgan fingerprint density at radius 2 is 1.97 bits per heavy atom. The minimum Gasteiger partial charge on any atom is -0.390 e. The summed E-state index contributed by atoms with van der Waals surface area (Å²) in [5.41, 5.74) is 2.61. The van der Waals surface area contributed by atoms with Crippen LogP contribution < -0.4 is 0 Å². The molecule has 0 aromatic heterocycles. The van der Waals surface area contributed by atoms with Crippen molar-refractivity contribution in [1.82, 2.24) is 4.90 Å². The van der Waals surface area contributed by atoms with E-state index in [1.807, 2.05) is 31.2 Å². The van der Waals surface area contributed by atoms with E-state index in [1.165, 1.54) is 11.0 Å². The van der Waals surface area contributed by atoms with Crippen LogP contribution in [0.15, 0.2) is 53.7 Å². The van der Waals surface area contributed by atoms with Gasteiger partial charge in [-0.3, -0.25) is 4.79 Å². The van der Waals surface area contributed by atoms with Gasteiger partial charge in [0.25, 0.3) is 0 Å². The number of alkyl halides is 3. The van der Waals surface area contributed by atoms with Gasteiger partial charge in [0.1, 0.15) is 0 Å². The summed E-state index contributed by atoms with van der Waals surface area (Å²) in [5, 5.41) is 4.17. The fraction of sp³-hybridized carbons (Fsp3) is 0.364. The van der Waals surface area contributed by atoms with Gasteiger partial charge in [-0.1, -0.05) is 48.5 Å². The van der Waals surface area contributed by atoms with Crippen molar-refractivity contribution in [3.05, 3.63) is 70.8 Å². The monoisotopic (exact) mass is 404 g/mol. The van der Waals surface area contributed by atoms with Crippen molar-refractivity contribution in [1.29, 1.82) is 0 Å². The maximum absolute atomic E-state index is 13.0. The third-order valence-electron chi connectivity index (χ3n) is 4.90.